The van der Waals surface area contributed by atoms with Crippen molar-refractivity contribution in [2.75, 3.05) is 39.8 Å². The smallest absolute Gasteiger partial charge is 0.191 e. The van der Waals surface area contributed by atoms with Gasteiger partial charge in [-0.3, -0.25) is 0 Å². The number of benzene rings is 1. The van der Waals surface area contributed by atoms with Crippen LogP contribution in [0.4, 0.5) is 0 Å². The summed E-state index contributed by atoms with van der Waals surface area (Å²) in [6, 6.07) is 8.22. The monoisotopic (exact) mass is 332 g/mol. The molecule has 134 valence electrons. The van der Waals surface area contributed by atoms with Gasteiger partial charge in [0.1, 0.15) is 5.75 Å². The third-order valence-corrected chi connectivity index (χ3v) is 4.22. The molecule has 0 aliphatic heterocycles. The highest BCUT2D eigenvalue weighted by Gasteiger charge is 2.22. The van der Waals surface area contributed by atoms with Gasteiger partial charge < -0.3 is 20.3 Å². The molecule has 1 aromatic rings. The number of nitrogens with one attached hydrogen (secondary N) is 2. The SMILES string of the molecule is CCNC(=NCc1ccccc1OCC1CC1)NCCN(C)CC. The maximum atomic E-state index is 5.96. The molecule has 0 aromatic heterocycles. The molecule has 0 amide bonds. The molecule has 0 radical (unpaired) electrons. The molecular weight excluding hydrogens is 300 g/mol. The molecule has 1 saturated carbocycles. The van der Waals surface area contributed by atoms with Gasteiger partial charge in [-0.15, -0.1) is 0 Å². The number of para-hydroxylation sites is 1. The molecule has 0 spiro atoms. The molecule has 0 atom stereocenters. The van der Waals surface area contributed by atoms with Crippen LogP contribution in [-0.2, 0) is 6.54 Å². The van der Waals surface area contributed by atoms with Crippen molar-refractivity contribution in [3.63, 3.8) is 0 Å². The Bertz CT molecular complexity index is 514. The number of ether oxygens (including phenoxy) is 1. The van der Waals surface area contributed by atoms with Crippen molar-refractivity contribution < 1.29 is 4.74 Å². The Kier molecular flexibility index (Phi) is 7.89. The Hall–Kier alpha value is -1.75. The summed E-state index contributed by atoms with van der Waals surface area (Å²) in [7, 11) is 2.12. The van der Waals surface area contributed by atoms with Crippen molar-refractivity contribution in [2.45, 2.75) is 33.2 Å². The Balaban J connectivity index is 1.89. The van der Waals surface area contributed by atoms with Crippen LogP contribution in [-0.4, -0.2) is 50.7 Å². The molecular formula is C19H32N4O. The molecule has 1 aliphatic carbocycles. The third-order valence-electron chi connectivity index (χ3n) is 4.22. The molecule has 1 fully saturated rings. The number of hydrogen-bond acceptors (Lipinski definition) is 3. The molecule has 24 heavy (non-hydrogen) atoms. The average molecular weight is 332 g/mol. The maximum Gasteiger partial charge on any atom is 0.191 e. The highest BCUT2D eigenvalue weighted by molar-refractivity contribution is 5.79. The average Bonchev–Trinajstić information content (AvgIpc) is 3.42. The first-order valence-electron chi connectivity index (χ1n) is 9.14. The van der Waals surface area contributed by atoms with Crippen molar-refractivity contribution in [2.24, 2.45) is 10.9 Å². The zero-order chi connectivity index (χ0) is 17.2. The van der Waals surface area contributed by atoms with Crippen molar-refractivity contribution in [3.05, 3.63) is 29.8 Å². The summed E-state index contributed by atoms with van der Waals surface area (Å²) >= 11 is 0. The quantitative estimate of drug-likeness (QED) is 0.510. The molecule has 1 aliphatic rings. The Labute approximate surface area is 146 Å². The first kappa shape index (κ1) is 18.6. The summed E-state index contributed by atoms with van der Waals surface area (Å²) in [6.07, 6.45) is 2.61. The standard InChI is InChI=1S/C19H32N4O/c1-4-20-19(21-12-13-23(3)5-2)22-14-17-8-6-7-9-18(17)24-15-16-10-11-16/h6-9,16H,4-5,10-15H2,1-3H3,(H2,20,21,22). The summed E-state index contributed by atoms with van der Waals surface area (Å²) in [5.41, 5.74) is 1.14. The minimum absolute atomic E-state index is 0.625. The van der Waals surface area contributed by atoms with Crippen LogP contribution in [0.1, 0.15) is 32.3 Å². The minimum Gasteiger partial charge on any atom is -0.493 e. The van der Waals surface area contributed by atoms with Gasteiger partial charge in [-0.05, 0) is 45.3 Å². The van der Waals surface area contributed by atoms with E-state index in [-0.39, 0.29) is 0 Å². The van der Waals surface area contributed by atoms with E-state index >= 15 is 0 Å². The topological polar surface area (TPSA) is 48.9 Å². The van der Waals surface area contributed by atoms with E-state index in [9.17, 15) is 0 Å². The van der Waals surface area contributed by atoms with Crippen molar-refractivity contribution in [1.82, 2.24) is 15.5 Å². The van der Waals surface area contributed by atoms with Gasteiger partial charge in [0.2, 0.25) is 0 Å². The van der Waals surface area contributed by atoms with E-state index in [0.29, 0.717) is 6.54 Å². The molecule has 0 saturated heterocycles. The van der Waals surface area contributed by atoms with Crippen LogP contribution < -0.4 is 15.4 Å². The lowest BCUT2D eigenvalue weighted by molar-refractivity contribution is 0.297. The van der Waals surface area contributed by atoms with Crippen molar-refractivity contribution in [1.29, 1.82) is 0 Å². The van der Waals surface area contributed by atoms with Crippen LogP contribution in [0, 0.1) is 5.92 Å². The zero-order valence-electron chi connectivity index (χ0n) is 15.3. The summed E-state index contributed by atoms with van der Waals surface area (Å²) in [4.78, 5) is 6.98. The second-order valence-electron chi connectivity index (χ2n) is 6.38. The number of hydrogen-bond donors (Lipinski definition) is 2. The highest BCUT2D eigenvalue weighted by Crippen LogP contribution is 2.30. The summed E-state index contributed by atoms with van der Waals surface area (Å²) in [5, 5.41) is 6.70. The van der Waals surface area contributed by atoms with Gasteiger partial charge in [-0.1, -0.05) is 25.1 Å². The fourth-order valence-corrected chi connectivity index (χ4v) is 2.30. The van der Waals surface area contributed by atoms with E-state index in [4.69, 9.17) is 9.73 Å². The van der Waals surface area contributed by atoms with E-state index < -0.39 is 0 Å². The first-order valence-corrected chi connectivity index (χ1v) is 9.14. The predicted octanol–water partition coefficient (Wildman–Crippen LogP) is 2.48. The van der Waals surface area contributed by atoms with Crippen LogP contribution in [0.5, 0.6) is 5.75 Å². The largest absolute Gasteiger partial charge is 0.493 e. The minimum atomic E-state index is 0.625. The Morgan fingerprint density at radius 1 is 1.25 bits per heavy atom. The Morgan fingerprint density at radius 3 is 2.75 bits per heavy atom. The second kappa shape index (κ2) is 10.2. The van der Waals surface area contributed by atoms with E-state index in [0.717, 1.165) is 56.0 Å². The zero-order valence-corrected chi connectivity index (χ0v) is 15.3. The predicted molar refractivity (Wildman–Crippen MR) is 101 cm³/mol. The molecule has 1 aromatic carbocycles. The summed E-state index contributed by atoms with van der Waals surface area (Å²) in [6.45, 7) is 9.51. The number of likely N-dealkylation sites (N-methyl/N-ethyl adjacent to an activating group) is 1. The van der Waals surface area contributed by atoms with Crippen molar-refractivity contribution in [3.8, 4) is 5.75 Å². The lowest BCUT2D eigenvalue weighted by Crippen LogP contribution is -2.40. The highest BCUT2D eigenvalue weighted by atomic mass is 16.5. The van der Waals surface area contributed by atoms with E-state index in [1.54, 1.807) is 0 Å². The van der Waals surface area contributed by atoms with E-state index in [1.807, 2.05) is 18.2 Å². The molecule has 2 rings (SSSR count). The molecule has 5 nitrogen and oxygen atoms in total. The van der Waals surface area contributed by atoms with Crippen LogP contribution in [0.25, 0.3) is 0 Å². The number of aliphatic imine (C=N–C) groups is 1. The fourth-order valence-electron chi connectivity index (χ4n) is 2.30. The molecule has 0 unspecified atom stereocenters. The second-order valence-corrected chi connectivity index (χ2v) is 6.38. The normalized spacial score (nSPS) is 14.8. The van der Waals surface area contributed by atoms with Gasteiger partial charge in [0.05, 0.1) is 13.2 Å². The lowest BCUT2D eigenvalue weighted by Gasteiger charge is -2.16. The molecule has 0 bridgehead atoms. The van der Waals surface area contributed by atoms with Crippen LogP contribution >= 0.6 is 0 Å². The van der Waals surface area contributed by atoms with Crippen LogP contribution in [0.3, 0.4) is 0 Å². The van der Waals surface area contributed by atoms with Gasteiger partial charge in [-0.25, -0.2) is 4.99 Å². The number of rotatable bonds is 10. The first-order chi connectivity index (χ1) is 11.7. The van der Waals surface area contributed by atoms with E-state index in [1.165, 1.54) is 12.8 Å². The molecule has 0 heterocycles. The van der Waals surface area contributed by atoms with Gasteiger partial charge in [0, 0.05) is 25.2 Å². The van der Waals surface area contributed by atoms with Gasteiger partial charge in [0.25, 0.3) is 0 Å². The van der Waals surface area contributed by atoms with Crippen molar-refractivity contribution >= 4 is 5.96 Å². The maximum absolute atomic E-state index is 5.96. The van der Waals surface area contributed by atoms with Gasteiger partial charge in [-0.2, -0.15) is 0 Å². The third kappa shape index (κ3) is 6.79. The number of nitrogens with zero attached hydrogens (tertiary/aromatic N) is 2. The fraction of sp³-hybridized carbons (Fsp3) is 0.632. The summed E-state index contributed by atoms with van der Waals surface area (Å²) < 4.78 is 5.96. The number of guanidine groups is 1. The van der Waals surface area contributed by atoms with Crippen LogP contribution in [0.2, 0.25) is 0 Å². The van der Waals surface area contributed by atoms with Crippen LogP contribution in [0.15, 0.2) is 29.3 Å². The van der Waals surface area contributed by atoms with Gasteiger partial charge >= 0.3 is 0 Å². The molecule has 5 heteroatoms. The van der Waals surface area contributed by atoms with Gasteiger partial charge in [0.15, 0.2) is 5.96 Å². The molecule has 2 N–H and O–H groups in total. The van der Waals surface area contributed by atoms with E-state index in [2.05, 4.69) is 42.5 Å². The summed E-state index contributed by atoms with van der Waals surface area (Å²) in [5.74, 6) is 2.59. The Morgan fingerprint density at radius 2 is 2.04 bits per heavy atom. The lowest BCUT2D eigenvalue weighted by atomic mass is 10.2.